The summed E-state index contributed by atoms with van der Waals surface area (Å²) in [7, 11) is -7.67. The van der Waals surface area contributed by atoms with E-state index in [2.05, 4.69) is 0 Å². The molecule has 0 saturated carbocycles. The van der Waals surface area contributed by atoms with Crippen LogP contribution in [0.3, 0.4) is 0 Å². The molecule has 30 heavy (non-hydrogen) atoms. The molecule has 4 rings (SSSR count). The van der Waals surface area contributed by atoms with Gasteiger partial charge in [0.05, 0.1) is 10.6 Å². The van der Waals surface area contributed by atoms with Gasteiger partial charge < -0.3 is 9.47 Å². The van der Waals surface area contributed by atoms with Gasteiger partial charge in [0.1, 0.15) is 34.9 Å². The van der Waals surface area contributed by atoms with E-state index in [1.807, 2.05) is 30.3 Å². The molecule has 1 aliphatic heterocycles. The molecule has 1 heterocycles. The molecule has 0 saturated heterocycles. The minimum atomic E-state index is -3.86. The molecule has 3 aromatic rings. The second-order valence-corrected chi connectivity index (χ2v) is 10.9. The first-order valence-corrected chi connectivity index (χ1v) is 12.5. The van der Waals surface area contributed by atoms with Crippen molar-refractivity contribution in [2.75, 3.05) is 19.0 Å². The first-order chi connectivity index (χ1) is 14.4. The van der Waals surface area contributed by atoms with Crippen LogP contribution in [0, 0.1) is 0 Å². The highest BCUT2D eigenvalue weighted by atomic mass is 32.2. The highest BCUT2D eigenvalue weighted by Crippen LogP contribution is 2.44. The monoisotopic (exact) mass is 444 g/mol. The molecule has 8 heteroatoms. The molecule has 0 bridgehead atoms. The Morgan fingerprint density at radius 3 is 2.13 bits per heavy atom. The fraction of sp³-hybridized carbons (Fsp3) is 0.182. The van der Waals surface area contributed by atoms with Gasteiger partial charge in [-0.05, 0) is 35.9 Å². The maximum Gasteiger partial charge on any atom is 0.186 e. The molecule has 0 spiro atoms. The SMILES string of the molecule is O=S1(=O)CC(S(=O)(=O)c2ccccc2)c2cccc(OCCOc3ccccc3)c21. The lowest BCUT2D eigenvalue weighted by Gasteiger charge is -2.13. The van der Waals surface area contributed by atoms with E-state index in [4.69, 9.17) is 9.47 Å². The number of sulfone groups is 2. The number of benzene rings is 3. The van der Waals surface area contributed by atoms with Crippen LogP contribution in [0.15, 0.2) is 88.7 Å². The van der Waals surface area contributed by atoms with Crippen LogP contribution in [0.25, 0.3) is 0 Å². The van der Waals surface area contributed by atoms with E-state index >= 15 is 0 Å². The Balaban J connectivity index is 1.58. The zero-order valence-electron chi connectivity index (χ0n) is 16.0. The first-order valence-electron chi connectivity index (χ1n) is 9.35. The molecule has 0 radical (unpaired) electrons. The first kappa shape index (κ1) is 20.4. The highest BCUT2D eigenvalue weighted by molar-refractivity contribution is 7.96. The van der Waals surface area contributed by atoms with Gasteiger partial charge in [0.25, 0.3) is 0 Å². The summed E-state index contributed by atoms with van der Waals surface area (Å²) >= 11 is 0. The maximum atomic E-state index is 13.1. The summed E-state index contributed by atoms with van der Waals surface area (Å²) in [4.78, 5) is 0.0508. The molecule has 0 amide bonds. The molecule has 0 aromatic heterocycles. The second-order valence-electron chi connectivity index (χ2n) is 6.81. The molecule has 156 valence electrons. The van der Waals surface area contributed by atoms with Crippen molar-refractivity contribution in [3.63, 3.8) is 0 Å². The van der Waals surface area contributed by atoms with Crippen molar-refractivity contribution in [2.45, 2.75) is 15.0 Å². The molecule has 6 nitrogen and oxygen atoms in total. The molecule has 1 unspecified atom stereocenters. The quantitative estimate of drug-likeness (QED) is 0.519. The Kier molecular flexibility index (Phi) is 5.53. The Hall–Kier alpha value is -2.84. The Labute approximate surface area is 175 Å². The van der Waals surface area contributed by atoms with E-state index in [9.17, 15) is 16.8 Å². The van der Waals surface area contributed by atoms with Crippen LogP contribution in [0.2, 0.25) is 0 Å². The van der Waals surface area contributed by atoms with E-state index in [0.717, 1.165) is 0 Å². The normalized spacial score (nSPS) is 17.3. The summed E-state index contributed by atoms with van der Waals surface area (Å²) in [6.07, 6.45) is 0. The van der Waals surface area contributed by atoms with Crippen molar-refractivity contribution in [3.05, 3.63) is 84.4 Å². The molecule has 3 aromatic carbocycles. The largest absolute Gasteiger partial charge is 0.490 e. The number of hydrogen-bond donors (Lipinski definition) is 0. The number of ether oxygens (including phenoxy) is 2. The predicted octanol–water partition coefficient (Wildman–Crippen LogP) is 3.45. The maximum absolute atomic E-state index is 13.1. The number of rotatable bonds is 7. The molecule has 0 fully saturated rings. The summed E-state index contributed by atoms with van der Waals surface area (Å²) < 4.78 is 63.1. The van der Waals surface area contributed by atoms with Gasteiger partial charge in [-0.25, -0.2) is 16.8 Å². The minimum Gasteiger partial charge on any atom is -0.490 e. The molecule has 0 aliphatic carbocycles. The van der Waals surface area contributed by atoms with E-state index < -0.39 is 30.7 Å². The van der Waals surface area contributed by atoms with Crippen LogP contribution in [0.1, 0.15) is 10.8 Å². The van der Waals surface area contributed by atoms with Crippen molar-refractivity contribution in [3.8, 4) is 11.5 Å². The van der Waals surface area contributed by atoms with Gasteiger partial charge in [-0.3, -0.25) is 0 Å². The van der Waals surface area contributed by atoms with E-state index in [-0.39, 0.29) is 34.3 Å². The minimum absolute atomic E-state index is 0.0470. The topological polar surface area (TPSA) is 86.7 Å². The fourth-order valence-electron chi connectivity index (χ4n) is 3.46. The Morgan fingerprint density at radius 2 is 1.43 bits per heavy atom. The van der Waals surface area contributed by atoms with Gasteiger partial charge in [0, 0.05) is 0 Å². The average Bonchev–Trinajstić information content (AvgIpc) is 3.05. The predicted molar refractivity (Wildman–Crippen MR) is 112 cm³/mol. The van der Waals surface area contributed by atoms with Crippen LogP contribution in [-0.4, -0.2) is 35.8 Å². The van der Waals surface area contributed by atoms with Crippen LogP contribution in [0.5, 0.6) is 11.5 Å². The van der Waals surface area contributed by atoms with Gasteiger partial charge in [0.15, 0.2) is 19.7 Å². The van der Waals surface area contributed by atoms with Crippen molar-refractivity contribution >= 4 is 19.7 Å². The van der Waals surface area contributed by atoms with Crippen LogP contribution in [-0.2, 0) is 19.7 Å². The van der Waals surface area contributed by atoms with Crippen molar-refractivity contribution in [2.24, 2.45) is 0 Å². The summed E-state index contributed by atoms with van der Waals surface area (Å²) in [5.41, 5.74) is 0.250. The second kappa shape index (κ2) is 8.12. The van der Waals surface area contributed by atoms with E-state index in [1.54, 1.807) is 30.3 Å². The summed E-state index contributed by atoms with van der Waals surface area (Å²) in [6, 6.07) is 21.8. The van der Waals surface area contributed by atoms with Crippen LogP contribution < -0.4 is 9.47 Å². The molecular weight excluding hydrogens is 424 g/mol. The number of fused-ring (bicyclic) bond motifs is 1. The lowest BCUT2D eigenvalue weighted by atomic mass is 10.1. The summed E-state index contributed by atoms with van der Waals surface area (Å²) in [5, 5.41) is -1.16. The summed E-state index contributed by atoms with van der Waals surface area (Å²) in [6.45, 7) is 0.344. The summed E-state index contributed by atoms with van der Waals surface area (Å²) in [5.74, 6) is 0.330. The third kappa shape index (κ3) is 3.93. The lowest BCUT2D eigenvalue weighted by Crippen LogP contribution is -2.15. The average molecular weight is 445 g/mol. The van der Waals surface area contributed by atoms with Gasteiger partial charge in [0.2, 0.25) is 0 Å². The zero-order chi connectivity index (χ0) is 21.2. The standard InChI is InChI=1S/C22H20O6S2/c23-29(24)16-21(30(25,26)18-10-5-2-6-11-18)19-12-7-13-20(22(19)29)28-15-14-27-17-8-3-1-4-9-17/h1-13,21H,14-16H2. The molecule has 0 N–H and O–H groups in total. The molecule has 1 atom stereocenters. The van der Waals surface area contributed by atoms with Gasteiger partial charge in [-0.2, -0.15) is 0 Å². The van der Waals surface area contributed by atoms with Gasteiger partial charge in [-0.1, -0.05) is 48.5 Å². The van der Waals surface area contributed by atoms with E-state index in [0.29, 0.717) is 5.75 Å². The number of para-hydroxylation sites is 1. The molecular formula is C22H20O6S2. The smallest absolute Gasteiger partial charge is 0.186 e. The van der Waals surface area contributed by atoms with Crippen molar-refractivity contribution < 1.29 is 26.3 Å². The van der Waals surface area contributed by atoms with Crippen LogP contribution >= 0.6 is 0 Å². The fourth-order valence-corrected chi connectivity index (χ4v) is 7.94. The Bertz CT molecular complexity index is 1240. The number of hydrogen-bond acceptors (Lipinski definition) is 6. The highest BCUT2D eigenvalue weighted by Gasteiger charge is 2.44. The van der Waals surface area contributed by atoms with Gasteiger partial charge >= 0.3 is 0 Å². The lowest BCUT2D eigenvalue weighted by molar-refractivity contribution is 0.213. The van der Waals surface area contributed by atoms with Gasteiger partial charge in [-0.15, -0.1) is 0 Å². The van der Waals surface area contributed by atoms with Crippen molar-refractivity contribution in [1.82, 2.24) is 0 Å². The Morgan fingerprint density at radius 1 is 0.800 bits per heavy atom. The zero-order valence-corrected chi connectivity index (χ0v) is 17.6. The molecule has 1 aliphatic rings. The van der Waals surface area contributed by atoms with Crippen molar-refractivity contribution in [1.29, 1.82) is 0 Å². The van der Waals surface area contributed by atoms with Crippen LogP contribution in [0.4, 0.5) is 0 Å². The third-order valence-electron chi connectivity index (χ3n) is 4.84. The van der Waals surface area contributed by atoms with E-state index in [1.165, 1.54) is 18.2 Å². The third-order valence-corrected chi connectivity index (χ3v) is 8.98.